The third-order valence-electron chi connectivity index (χ3n) is 12.6. The molecular weight excluding hydrogens is 1360 g/mol. The summed E-state index contributed by atoms with van der Waals surface area (Å²) in [5, 5.41) is 28.0. The number of rotatable bonds is 21. The number of amides is 2. The highest BCUT2D eigenvalue weighted by molar-refractivity contribution is 7.87. The van der Waals surface area contributed by atoms with Gasteiger partial charge in [0.25, 0.3) is 60.7 Å². The number of phenols is 1. The minimum atomic E-state index is -5.24. The van der Waals surface area contributed by atoms with Gasteiger partial charge < -0.3 is 37.0 Å². The zero-order chi connectivity index (χ0) is 65.6. The van der Waals surface area contributed by atoms with Crippen LogP contribution in [0.1, 0.15) is 0 Å². The summed E-state index contributed by atoms with van der Waals surface area (Å²) in [7, 11) is -30.8. The van der Waals surface area contributed by atoms with Gasteiger partial charge in [-0.15, -0.1) is 10.2 Å². The summed E-state index contributed by atoms with van der Waals surface area (Å²) in [6.07, 6.45) is 0. The van der Waals surface area contributed by atoms with Gasteiger partial charge in [-0.25, -0.2) is 4.79 Å². The maximum absolute atomic E-state index is 12.6. The number of nitrogens with two attached hydrogens (primary N) is 1. The van der Waals surface area contributed by atoms with Crippen molar-refractivity contribution in [3.63, 3.8) is 0 Å². The van der Waals surface area contributed by atoms with Crippen LogP contribution in [0.15, 0.2) is 125 Å². The zero-order valence-electron chi connectivity index (χ0n) is 44.5. The lowest BCUT2D eigenvalue weighted by Crippen LogP contribution is -2.48. The molecule has 0 saturated carbocycles. The van der Waals surface area contributed by atoms with E-state index in [1.807, 2.05) is 4.90 Å². The number of hydrogen-bond acceptors (Lipinski definition) is 29. The van der Waals surface area contributed by atoms with Crippen LogP contribution in [-0.2, 0) is 60.7 Å². The molecule has 3 heterocycles. The number of hydrazine groups is 1. The number of fused-ring (bicyclic) bond motifs is 2. The van der Waals surface area contributed by atoms with Crippen molar-refractivity contribution < 1.29 is 87.7 Å². The van der Waals surface area contributed by atoms with Crippen LogP contribution >= 0.6 is 23.2 Å². The minimum Gasteiger partial charge on any atom is -0.505 e. The second-order valence-corrected chi connectivity index (χ2v) is 27.7. The van der Waals surface area contributed by atoms with Gasteiger partial charge in [0.2, 0.25) is 34.4 Å². The number of phenolic OH excluding ortho intramolecular Hbond substituents is 1. The van der Waals surface area contributed by atoms with Gasteiger partial charge in [-0.1, -0.05) is 0 Å². The summed E-state index contributed by atoms with van der Waals surface area (Å²) in [5.41, 5.74) is 8.42. The van der Waals surface area contributed by atoms with Crippen LogP contribution in [0.2, 0.25) is 10.6 Å². The monoisotopic (exact) mass is 1400 g/mol. The molecule has 1 aliphatic heterocycles. The number of hydrogen-bond donors (Lipinski definition) is 14. The second-order valence-electron chi connectivity index (χ2n) is 18.7. The fraction of sp³-hybridized carbons (Fsp3) is 0.133. The summed E-state index contributed by atoms with van der Waals surface area (Å²) in [6, 6.07) is 12.2. The maximum Gasteiger partial charge on any atom is 0.316 e. The van der Waals surface area contributed by atoms with E-state index in [1.54, 1.807) is 0 Å². The lowest BCUT2D eigenvalue weighted by Gasteiger charge is -2.34. The SMILES string of the molecule is NC(=O)Nc1cc(Nc2nc(Cl)nc(N3CCN(CCNc4nc(Cl)nc(Nc5ccc6c(O)c(N=Nc7cc(S(=O)(=O)O)ccc7S(=O)(=O)O)c(S(=O)(=O)O)cc6c5)n4)CC3)n2)ccc1NNc1cc2c(S(=O)(=O)O)cc(S(=O)(=O)O)cc2cc1S(=O)(=O)O. The Labute approximate surface area is 517 Å². The molecule has 1 aliphatic rings. The van der Waals surface area contributed by atoms with Crippen LogP contribution in [-0.4, -0.2) is 163 Å². The number of carbonyl (C=O) groups is 1. The van der Waals surface area contributed by atoms with Crippen molar-refractivity contribution in [1.82, 2.24) is 34.8 Å². The Kier molecular flexibility index (Phi) is 18.2. The Morgan fingerprint density at radius 1 is 0.522 bits per heavy atom. The molecule has 0 spiro atoms. The molecule has 15 N–H and O–H groups in total. The Balaban J connectivity index is 0.834. The number of azo groups is 1. The van der Waals surface area contributed by atoms with Gasteiger partial charge >= 0.3 is 6.03 Å². The standard InChI is InChI=1S/C45H41Cl2N17O20S6/c46-39-53-42(57-43(54-39)50-23-1-4-27-21(13-23)16-36(90(82,83)84)37(38(27)65)62-61-31-18-25(85(67,68)69)3-6-33(31)87(73,74)75)49-7-8-63-9-11-64(12-10-63)45-56-40(47)55-44(58-45)51-24-2-5-29(30(17-24)52-41(48)66)59-60-32-20-28-22(15-35(32)89(79,80)81)14-26(86(70,71)72)19-34(28)88(76,77)78/h1-6,13-20,59-60,65H,7-12H2,(H3,48,52,66)(H,67,68,69)(H,70,71,72)(H,73,74,75)(H,76,77,78)(H,79,80,81)(H,82,83,84)(H,51,55,56,58)(H2,49,50,53,54,57). The number of primary amides is 1. The predicted octanol–water partition coefficient (Wildman–Crippen LogP) is 4.92. The van der Waals surface area contributed by atoms with Crippen LogP contribution < -0.4 is 42.8 Å². The molecule has 0 aliphatic carbocycles. The summed E-state index contributed by atoms with van der Waals surface area (Å²) >= 11 is 12.6. The molecule has 0 atom stereocenters. The summed E-state index contributed by atoms with van der Waals surface area (Å²) in [5.74, 6) is -0.839. The molecular formula is C45H41Cl2N17O20S6. The molecule has 6 aromatic carbocycles. The first-order valence-corrected chi connectivity index (χ1v) is 33.9. The van der Waals surface area contributed by atoms with E-state index in [9.17, 15) is 87.7 Å². The number of piperazine rings is 1. The smallest absolute Gasteiger partial charge is 0.316 e. The van der Waals surface area contributed by atoms with Crippen molar-refractivity contribution in [1.29, 1.82) is 0 Å². The van der Waals surface area contributed by atoms with E-state index in [1.165, 1.54) is 36.4 Å². The maximum atomic E-state index is 12.6. The van der Waals surface area contributed by atoms with E-state index < -0.39 is 130 Å². The molecule has 0 unspecified atom stereocenters. The van der Waals surface area contributed by atoms with E-state index >= 15 is 0 Å². The van der Waals surface area contributed by atoms with Crippen LogP contribution in [0.25, 0.3) is 21.5 Å². The summed E-state index contributed by atoms with van der Waals surface area (Å²) < 4.78 is 205. The Morgan fingerprint density at radius 2 is 1.09 bits per heavy atom. The highest BCUT2D eigenvalue weighted by Crippen LogP contribution is 2.43. The van der Waals surface area contributed by atoms with Gasteiger partial charge in [0.15, 0.2) is 5.75 Å². The lowest BCUT2D eigenvalue weighted by atomic mass is 10.1. The van der Waals surface area contributed by atoms with Gasteiger partial charge in [0.05, 0.1) is 26.9 Å². The number of benzene rings is 6. The number of aromatic hydroxyl groups is 1. The van der Waals surface area contributed by atoms with E-state index in [0.717, 1.165) is 12.1 Å². The lowest BCUT2D eigenvalue weighted by molar-refractivity contribution is 0.259. The number of halogens is 2. The first-order valence-electron chi connectivity index (χ1n) is 24.5. The van der Waals surface area contributed by atoms with E-state index in [-0.39, 0.29) is 74.4 Å². The largest absolute Gasteiger partial charge is 0.505 e. The Hall–Kier alpha value is -8.67. The quantitative estimate of drug-likeness (QED) is 0.0258. The molecule has 1 saturated heterocycles. The molecule has 1 fully saturated rings. The van der Waals surface area contributed by atoms with Gasteiger partial charge in [-0.3, -0.25) is 43.1 Å². The van der Waals surface area contributed by atoms with E-state index in [4.69, 9.17) is 28.9 Å². The zero-order valence-corrected chi connectivity index (χ0v) is 50.9. The highest BCUT2D eigenvalue weighted by atomic mass is 35.5. The molecule has 0 radical (unpaired) electrons. The average molecular weight is 1400 g/mol. The Bertz CT molecular complexity index is 5040. The third kappa shape index (κ3) is 15.7. The Morgan fingerprint density at radius 3 is 1.71 bits per heavy atom. The summed E-state index contributed by atoms with van der Waals surface area (Å²) in [4.78, 5) is 35.5. The minimum absolute atomic E-state index is 0.0221. The fourth-order valence-corrected chi connectivity index (χ4v) is 12.8. The van der Waals surface area contributed by atoms with Crippen molar-refractivity contribution in [2.45, 2.75) is 29.4 Å². The van der Waals surface area contributed by atoms with Crippen LogP contribution in [0.5, 0.6) is 5.75 Å². The van der Waals surface area contributed by atoms with Gasteiger partial charge in [0, 0.05) is 61.4 Å². The second kappa shape index (κ2) is 25.0. The third-order valence-corrected chi connectivity index (χ3v) is 18.2. The van der Waals surface area contributed by atoms with Crippen LogP contribution in [0.4, 0.5) is 68.4 Å². The van der Waals surface area contributed by atoms with Crippen LogP contribution in [0.3, 0.4) is 0 Å². The molecule has 0 bridgehead atoms. The number of urea groups is 1. The fourth-order valence-electron chi connectivity index (χ4n) is 8.66. The molecule has 9 rings (SSSR count). The highest BCUT2D eigenvalue weighted by Gasteiger charge is 2.28. The van der Waals surface area contributed by atoms with Crippen molar-refractivity contribution in [2.24, 2.45) is 16.0 Å². The predicted molar refractivity (Wildman–Crippen MR) is 319 cm³/mol. The average Bonchev–Trinajstić information content (AvgIpc) is 0.777. The van der Waals surface area contributed by atoms with Crippen LogP contribution in [0, 0.1) is 0 Å². The van der Waals surface area contributed by atoms with Crippen molar-refractivity contribution in [3.05, 3.63) is 95.5 Å². The van der Waals surface area contributed by atoms with E-state index in [2.05, 4.69) is 77.2 Å². The number of aromatic nitrogens is 6. The van der Waals surface area contributed by atoms with Gasteiger partial charge in [-0.05, 0) is 119 Å². The molecule has 8 aromatic rings. The van der Waals surface area contributed by atoms with Gasteiger partial charge in [0.1, 0.15) is 31.0 Å². The van der Waals surface area contributed by atoms with E-state index in [0.29, 0.717) is 69.1 Å². The number of anilines is 9. The van der Waals surface area contributed by atoms with Crippen molar-refractivity contribution in [3.8, 4) is 5.75 Å². The first kappa shape index (κ1) is 65.8. The number of nitrogens with zero attached hydrogens (tertiary/aromatic N) is 10. The number of nitrogens with one attached hydrogen (secondary N) is 6. The van der Waals surface area contributed by atoms with Crippen molar-refractivity contribution in [2.75, 3.05) is 76.3 Å². The molecule has 2 amide bonds. The molecule has 90 heavy (non-hydrogen) atoms. The normalized spacial score (nSPS) is 13.8. The molecule has 37 nitrogen and oxygen atoms in total. The van der Waals surface area contributed by atoms with Crippen molar-refractivity contribution >= 4 is 175 Å². The molecule has 476 valence electrons. The summed E-state index contributed by atoms with van der Waals surface area (Å²) in [6.45, 7) is 2.53. The van der Waals surface area contributed by atoms with Gasteiger partial charge in [-0.2, -0.15) is 80.4 Å². The topological polar surface area (TPSA) is 570 Å². The molecule has 45 heteroatoms. The first-order chi connectivity index (χ1) is 41.9. The number of carbonyl (C=O) groups excluding carboxylic acids is 1. The molecule has 2 aromatic heterocycles.